The van der Waals surface area contributed by atoms with Gasteiger partial charge in [0.05, 0.1) is 5.56 Å². The minimum Gasteiger partial charge on any atom is -0.478 e. The maximum atomic E-state index is 10.9. The first-order valence-corrected chi connectivity index (χ1v) is 8.10. The van der Waals surface area contributed by atoms with Crippen molar-refractivity contribution in [3.63, 3.8) is 0 Å². The number of carbonyl (C=O) groups is 1. The first-order chi connectivity index (χ1) is 10.0. The Labute approximate surface area is 139 Å². The fraction of sp³-hybridized carbons (Fsp3) is 0. The van der Waals surface area contributed by atoms with Gasteiger partial charge in [-0.3, -0.25) is 4.98 Å². The molecule has 0 aromatic carbocycles. The van der Waals surface area contributed by atoms with E-state index in [0.29, 0.717) is 11.5 Å². The maximum Gasteiger partial charge on any atom is 0.338 e. The number of carboxylic acids is 1. The van der Waals surface area contributed by atoms with Crippen molar-refractivity contribution in [3.05, 3.63) is 44.5 Å². The van der Waals surface area contributed by atoms with Crippen molar-refractivity contribution in [1.29, 1.82) is 0 Å². The number of aromatic carboxylic acids is 1. The minimum atomic E-state index is -1.03. The molecule has 0 radical (unpaired) electrons. The summed E-state index contributed by atoms with van der Waals surface area (Å²) in [6.45, 7) is 0. The van der Waals surface area contributed by atoms with Gasteiger partial charge < -0.3 is 9.52 Å². The Balaban J connectivity index is 1.97. The van der Waals surface area contributed by atoms with Crippen molar-refractivity contribution in [2.24, 2.45) is 0 Å². The van der Waals surface area contributed by atoms with E-state index in [1.54, 1.807) is 11.6 Å². The van der Waals surface area contributed by atoms with E-state index in [9.17, 15) is 4.79 Å². The van der Waals surface area contributed by atoms with E-state index in [0.717, 1.165) is 19.6 Å². The number of pyridine rings is 1. The molecule has 8 heteroatoms. The van der Waals surface area contributed by atoms with E-state index >= 15 is 0 Å². The molecular formula is C13H6Br2N2O3S. The molecule has 0 amide bonds. The van der Waals surface area contributed by atoms with Crippen LogP contribution < -0.4 is 0 Å². The molecule has 3 rings (SSSR count). The predicted octanol–water partition coefficient (Wildman–Crippen LogP) is 4.69. The highest BCUT2D eigenvalue weighted by Crippen LogP contribution is 2.33. The van der Waals surface area contributed by atoms with Crippen LogP contribution in [-0.2, 0) is 0 Å². The van der Waals surface area contributed by atoms with Gasteiger partial charge in [0, 0.05) is 26.6 Å². The van der Waals surface area contributed by atoms with Gasteiger partial charge in [0.2, 0.25) is 0 Å². The van der Waals surface area contributed by atoms with Crippen molar-refractivity contribution in [3.8, 4) is 22.2 Å². The zero-order valence-corrected chi connectivity index (χ0v) is 14.2. The van der Waals surface area contributed by atoms with Gasteiger partial charge in [0.25, 0.3) is 0 Å². The number of nitrogens with zero attached hydrogens (tertiary/aromatic N) is 2. The Morgan fingerprint density at radius 1 is 1.33 bits per heavy atom. The second-order valence-corrected chi connectivity index (χ2v) is 6.65. The second kappa shape index (κ2) is 5.70. The molecule has 0 fully saturated rings. The molecule has 0 spiro atoms. The van der Waals surface area contributed by atoms with Gasteiger partial charge in [0.15, 0.2) is 5.76 Å². The van der Waals surface area contributed by atoms with Crippen LogP contribution in [0.1, 0.15) is 10.4 Å². The van der Waals surface area contributed by atoms with Crippen LogP contribution in [0.25, 0.3) is 22.2 Å². The van der Waals surface area contributed by atoms with Gasteiger partial charge in [-0.15, -0.1) is 11.3 Å². The maximum absolute atomic E-state index is 10.9. The monoisotopic (exact) mass is 428 g/mol. The van der Waals surface area contributed by atoms with Gasteiger partial charge >= 0.3 is 5.97 Å². The van der Waals surface area contributed by atoms with E-state index in [2.05, 4.69) is 41.8 Å². The summed E-state index contributed by atoms with van der Waals surface area (Å²) in [5, 5.41) is 11.4. The average molecular weight is 430 g/mol. The predicted molar refractivity (Wildman–Crippen MR) is 85.4 cm³/mol. The number of thiazole rings is 1. The first-order valence-electron chi connectivity index (χ1n) is 5.64. The van der Waals surface area contributed by atoms with Gasteiger partial charge in [-0.2, -0.15) is 0 Å². The Morgan fingerprint density at radius 2 is 2.14 bits per heavy atom. The zero-order valence-electron chi connectivity index (χ0n) is 10.2. The lowest BCUT2D eigenvalue weighted by Gasteiger charge is -1.99. The van der Waals surface area contributed by atoms with Crippen LogP contribution >= 0.6 is 43.2 Å². The molecule has 106 valence electrons. The van der Waals surface area contributed by atoms with Gasteiger partial charge in [-0.1, -0.05) is 0 Å². The van der Waals surface area contributed by atoms with Crippen LogP contribution in [-0.4, -0.2) is 21.0 Å². The van der Waals surface area contributed by atoms with Crippen LogP contribution in [0.4, 0.5) is 0 Å². The van der Waals surface area contributed by atoms with E-state index in [1.165, 1.54) is 23.7 Å². The third kappa shape index (κ3) is 2.92. The molecule has 3 heterocycles. The topological polar surface area (TPSA) is 76.2 Å². The summed E-state index contributed by atoms with van der Waals surface area (Å²) >= 11 is 8.20. The summed E-state index contributed by atoms with van der Waals surface area (Å²) in [4.78, 5) is 19.6. The molecule has 0 aliphatic heterocycles. The number of hydrogen-bond donors (Lipinski definition) is 1. The molecule has 0 unspecified atom stereocenters. The number of rotatable bonds is 3. The molecule has 0 saturated heterocycles. The molecule has 3 aromatic rings. The zero-order chi connectivity index (χ0) is 15.0. The standard InChI is InChI=1S/C13H6Br2N2O3S/c14-7-2-8(15)11(16-3-7)12-17-9(5-21-12)10-1-6(4-20-10)13(18)19/h1-5H,(H,18,19). The number of carboxylic acid groups (broad SMARTS) is 1. The molecule has 1 N–H and O–H groups in total. The summed E-state index contributed by atoms with van der Waals surface area (Å²) in [5.41, 5.74) is 1.40. The van der Waals surface area contributed by atoms with Crippen LogP contribution in [0.5, 0.6) is 0 Å². The van der Waals surface area contributed by atoms with Crippen molar-refractivity contribution in [2.45, 2.75) is 0 Å². The van der Waals surface area contributed by atoms with E-state index < -0.39 is 5.97 Å². The molecule has 0 aliphatic rings. The second-order valence-electron chi connectivity index (χ2n) is 4.03. The summed E-state index contributed by atoms with van der Waals surface area (Å²) in [5.74, 6) is -0.610. The summed E-state index contributed by atoms with van der Waals surface area (Å²) in [7, 11) is 0. The van der Waals surface area contributed by atoms with Gasteiger partial charge in [-0.05, 0) is 37.9 Å². The molecule has 21 heavy (non-hydrogen) atoms. The summed E-state index contributed by atoms with van der Waals surface area (Å²) < 4.78 is 6.92. The van der Waals surface area contributed by atoms with E-state index in [4.69, 9.17) is 9.52 Å². The molecule has 5 nitrogen and oxygen atoms in total. The first kappa shape index (κ1) is 14.4. The van der Waals surface area contributed by atoms with Crippen LogP contribution in [0.2, 0.25) is 0 Å². The third-order valence-electron chi connectivity index (χ3n) is 2.61. The lowest BCUT2D eigenvalue weighted by molar-refractivity contribution is 0.0696. The Hall–Kier alpha value is -1.51. The Morgan fingerprint density at radius 3 is 2.81 bits per heavy atom. The van der Waals surface area contributed by atoms with Crippen LogP contribution in [0, 0.1) is 0 Å². The number of hydrogen-bond acceptors (Lipinski definition) is 5. The van der Waals surface area contributed by atoms with Crippen molar-refractivity contribution in [1.82, 2.24) is 9.97 Å². The van der Waals surface area contributed by atoms with Crippen molar-refractivity contribution < 1.29 is 14.3 Å². The summed E-state index contributed by atoms with van der Waals surface area (Å²) in [6.07, 6.45) is 2.89. The van der Waals surface area contributed by atoms with Crippen LogP contribution in [0.3, 0.4) is 0 Å². The highest BCUT2D eigenvalue weighted by molar-refractivity contribution is 9.11. The SMILES string of the molecule is O=C(O)c1coc(-c2csc(-c3ncc(Br)cc3Br)n2)c1. The van der Waals surface area contributed by atoms with E-state index in [-0.39, 0.29) is 5.56 Å². The summed E-state index contributed by atoms with van der Waals surface area (Å²) in [6, 6.07) is 3.34. The van der Waals surface area contributed by atoms with Gasteiger partial charge in [-0.25, -0.2) is 9.78 Å². The molecule has 0 atom stereocenters. The average Bonchev–Trinajstić information content (AvgIpc) is 3.07. The third-order valence-corrected chi connectivity index (χ3v) is 4.50. The molecule has 0 aliphatic carbocycles. The van der Waals surface area contributed by atoms with Crippen LogP contribution in [0.15, 0.2) is 43.3 Å². The van der Waals surface area contributed by atoms with Crippen molar-refractivity contribution >= 4 is 49.2 Å². The lowest BCUT2D eigenvalue weighted by Crippen LogP contribution is -1.91. The number of aromatic nitrogens is 2. The fourth-order valence-corrected chi connectivity index (χ4v) is 3.77. The molecular weight excluding hydrogens is 424 g/mol. The molecule has 0 bridgehead atoms. The highest BCUT2D eigenvalue weighted by Gasteiger charge is 2.15. The lowest BCUT2D eigenvalue weighted by atomic mass is 10.3. The molecule has 3 aromatic heterocycles. The number of halogens is 2. The van der Waals surface area contributed by atoms with E-state index in [1.807, 2.05) is 6.07 Å². The van der Waals surface area contributed by atoms with Crippen molar-refractivity contribution in [2.75, 3.05) is 0 Å². The Bertz CT molecular complexity index is 828. The minimum absolute atomic E-state index is 0.0995. The smallest absolute Gasteiger partial charge is 0.338 e. The highest BCUT2D eigenvalue weighted by atomic mass is 79.9. The normalized spacial score (nSPS) is 10.8. The number of furan rings is 1. The largest absolute Gasteiger partial charge is 0.478 e. The molecule has 0 saturated carbocycles. The fourth-order valence-electron chi connectivity index (χ4n) is 1.65. The van der Waals surface area contributed by atoms with Gasteiger partial charge in [0.1, 0.15) is 22.7 Å². The Kier molecular flexibility index (Phi) is 3.92. The quantitative estimate of drug-likeness (QED) is 0.653.